The number of halogens is 1. The summed E-state index contributed by atoms with van der Waals surface area (Å²) in [5.74, 6) is 1.83. The van der Waals surface area contributed by atoms with Crippen LogP contribution in [0.3, 0.4) is 0 Å². The van der Waals surface area contributed by atoms with Crippen LogP contribution in [0.15, 0.2) is 39.9 Å². The maximum absolute atomic E-state index is 11.6. The standard InChI is InChI=1S/C22H27BrN2O6/c1-5-29-20-11-16(9-17(23)22(20)31-14-21(26)30-6-2)13-25-24-12-15-7-8-18(27-3)19(10-15)28-4/h7-11,13,24H,5-6,12,14H2,1-4H3/b25-13-. The summed E-state index contributed by atoms with van der Waals surface area (Å²) in [6, 6.07) is 9.28. The van der Waals surface area contributed by atoms with Crippen LogP contribution in [-0.2, 0) is 16.1 Å². The van der Waals surface area contributed by atoms with Gasteiger partial charge in [-0.2, -0.15) is 5.10 Å². The fourth-order valence-corrected chi connectivity index (χ4v) is 3.22. The molecule has 0 radical (unpaired) electrons. The molecule has 0 amide bonds. The van der Waals surface area contributed by atoms with Crippen molar-refractivity contribution in [1.29, 1.82) is 0 Å². The van der Waals surface area contributed by atoms with Gasteiger partial charge < -0.3 is 29.1 Å². The molecular formula is C22H27BrN2O6. The predicted octanol–water partition coefficient (Wildman–Crippen LogP) is 3.93. The monoisotopic (exact) mass is 494 g/mol. The van der Waals surface area contributed by atoms with E-state index in [9.17, 15) is 4.79 Å². The zero-order valence-corrected chi connectivity index (χ0v) is 19.7. The minimum atomic E-state index is -0.443. The summed E-state index contributed by atoms with van der Waals surface area (Å²) in [6.45, 7) is 4.67. The highest BCUT2D eigenvalue weighted by atomic mass is 79.9. The van der Waals surface area contributed by atoms with Crippen LogP contribution in [0.25, 0.3) is 0 Å². The summed E-state index contributed by atoms with van der Waals surface area (Å²) in [5.41, 5.74) is 4.79. The Labute approximate surface area is 190 Å². The Kier molecular flexibility index (Phi) is 9.96. The van der Waals surface area contributed by atoms with Crippen molar-refractivity contribution in [3.8, 4) is 23.0 Å². The molecule has 0 bridgehead atoms. The quantitative estimate of drug-likeness (QED) is 0.271. The van der Waals surface area contributed by atoms with E-state index in [1.54, 1.807) is 33.4 Å². The van der Waals surface area contributed by atoms with E-state index in [4.69, 9.17) is 23.7 Å². The number of hydrogen-bond donors (Lipinski definition) is 1. The first-order valence-electron chi connectivity index (χ1n) is 9.73. The molecule has 0 spiro atoms. The van der Waals surface area contributed by atoms with Gasteiger partial charge >= 0.3 is 5.97 Å². The predicted molar refractivity (Wildman–Crippen MR) is 121 cm³/mol. The van der Waals surface area contributed by atoms with Crippen LogP contribution < -0.4 is 24.4 Å². The van der Waals surface area contributed by atoms with Gasteiger partial charge in [-0.25, -0.2) is 4.79 Å². The molecule has 0 heterocycles. The molecule has 2 aromatic rings. The van der Waals surface area contributed by atoms with Crippen molar-refractivity contribution in [3.63, 3.8) is 0 Å². The molecule has 0 aliphatic rings. The lowest BCUT2D eigenvalue weighted by atomic mass is 10.2. The van der Waals surface area contributed by atoms with Gasteiger partial charge in [-0.15, -0.1) is 0 Å². The zero-order chi connectivity index (χ0) is 22.6. The summed E-state index contributed by atoms with van der Waals surface area (Å²) in [4.78, 5) is 11.6. The Morgan fingerprint density at radius 1 is 1.03 bits per heavy atom. The summed E-state index contributed by atoms with van der Waals surface area (Å²) in [6.07, 6.45) is 1.67. The lowest BCUT2D eigenvalue weighted by molar-refractivity contribution is -0.145. The molecule has 31 heavy (non-hydrogen) atoms. The third-order valence-corrected chi connectivity index (χ3v) is 4.60. The normalized spacial score (nSPS) is 10.6. The molecule has 0 saturated heterocycles. The molecule has 1 N–H and O–H groups in total. The van der Waals surface area contributed by atoms with E-state index < -0.39 is 5.97 Å². The smallest absolute Gasteiger partial charge is 0.344 e. The topological polar surface area (TPSA) is 87.6 Å². The van der Waals surface area contributed by atoms with Gasteiger partial charge in [0, 0.05) is 0 Å². The lowest BCUT2D eigenvalue weighted by Gasteiger charge is -2.14. The van der Waals surface area contributed by atoms with Crippen molar-refractivity contribution in [3.05, 3.63) is 45.9 Å². The highest BCUT2D eigenvalue weighted by Crippen LogP contribution is 2.36. The number of carbonyl (C=O) groups is 1. The number of hydrogen-bond acceptors (Lipinski definition) is 8. The van der Waals surface area contributed by atoms with E-state index in [1.807, 2.05) is 31.2 Å². The van der Waals surface area contributed by atoms with Crippen molar-refractivity contribution in [2.45, 2.75) is 20.4 Å². The maximum atomic E-state index is 11.6. The first-order valence-corrected chi connectivity index (χ1v) is 10.5. The molecule has 0 unspecified atom stereocenters. The number of ether oxygens (including phenoxy) is 5. The minimum Gasteiger partial charge on any atom is -0.493 e. The molecule has 0 aromatic heterocycles. The minimum absolute atomic E-state index is 0.202. The highest BCUT2D eigenvalue weighted by molar-refractivity contribution is 9.10. The average molecular weight is 495 g/mol. The van der Waals surface area contributed by atoms with Gasteiger partial charge in [-0.1, -0.05) is 6.07 Å². The van der Waals surface area contributed by atoms with E-state index in [-0.39, 0.29) is 6.61 Å². The van der Waals surface area contributed by atoms with Crippen LogP contribution in [-0.4, -0.2) is 46.2 Å². The van der Waals surface area contributed by atoms with Gasteiger partial charge in [-0.05, 0) is 65.2 Å². The number of hydrazone groups is 1. The van der Waals surface area contributed by atoms with Crippen LogP contribution in [0.2, 0.25) is 0 Å². The van der Waals surface area contributed by atoms with Gasteiger partial charge in [0.05, 0.1) is 44.7 Å². The number of nitrogens with zero attached hydrogens (tertiary/aromatic N) is 1. The summed E-state index contributed by atoms with van der Waals surface area (Å²) in [5, 5.41) is 4.27. The number of methoxy groups -OCH3 is 2. The maximum Gasteiger partial charge on any atom is 0.344 e. The van der Waals surface area contributed by atoms with Crippen LogP contribution in [0.5, 0.6) is 23.0 Å². The van der Waals surface area contributed by atoms with Crippen molar-refractivity contribution in [1.82, 2.24) is 5.43 Å². The summed E-state index contributed by atoms with van der Waals surface area (Å²) >= 11 is 3.47. The van der Waals surface area contributed by atoms with E-state index in [2.05, 4.69) is 26.5 Å². The second-order valence-corrected chi connectivity index (χ2v) is 6.99. The number of esters is 1. The molecule has 0 aliphatic carbocycles. The second kappa shape index (κ2) is 12.7. The summed E-state index contributed by atoms with van der Waals surface area (Å²) in [7, 11) is 3.20. The Bertz CT molecular complexity index is 904. The number of carbonyl (C=O) groups excluding carboxylic acids is 1. The first-order chi connectivity index (χ1) is 15.0. The highest BCUT2D eigenvalue weighted by Gasteiger charge is 2.14. The summed E-state index contributed by atoms with van der Waals surface area (Å²) < 4.78 is 27.3. The second-order valence-electron chi connectivity index (χ2n) is 6.14. The number of nitrogens with one attached hydrogen (secondary N) is 1. The SMILES string of the molecule is CCOC(=O)COc1c(Br)cc(/C=N\NCc2ccc(OC)c(OC)c2)cc1OCC. The Balaban J connectivity index is 2.05. The van der Waals surface area contributed by atoms with Crippen LogP contribution in [0, 0.1) is 0 Å². The largest absolute Gasteiger partial charge is 0.493 e. The molecule has 0 aliphatic heterocycles. The third-order valence-electron chi connectivity index (χ3n) is 4.01. The Hall–Kier alpha value is -2.94. The van der Waals surface area contributed by atoms with Gasteiger partial charge in [0.1, 0.15) is 0 Å². The van der Waals surface area contributed by atoms with Gasteiger partial charge in [0.25, 0.3) is 0 Å². The van der Waals surface area contributed by atoms with Crippen LogP contribution >= 0.6 is 15.9 Å². The van der Waals surface area contributed by atoms with Gasteiger partial charge in [0.15, 0.2) is 29.6 Å². The molecule has 0 saturated carbocycles. The van der Waals surface area contributed by atoms with Crippen molar-refractivity contribution in [2.24, 2.45) is 5.10 Å². The Morgan fingerprint density at radius 3 is 2.48 bits per heavy atom. The van der Waals surface area contributed by atoms with Gasteiger partial charge in [-0.3, -0.25) is 0 Å². The zero-order valence-electron chi connectivity index (χ0n) is 18.1. The van der Waals surface area contributed by atoms with E-state index in [0.29, 0.717) is 47.2 Å². The Morgan fingerprint density at radius 2 is 1.81 bits per heavy atom. The molecule has 9 heteroatoms. The molecule has 2 rings (SSSR count). The van der Waals surface area contributed by atoms with Crippen molar-refractivity contribution < 1.29 is 28.5 Å². The van der Waals surface area contributed by atoms with Crippen LogP contribution in [0.1, 0.15) is 25.0 Å². The first kappa shape index (κ1) is 24.3. The fraction of sp³-hybridized carbons (Fsp3) is 0.364. The fourth-order valence-electron chi connectivity index (χ4n) is 2.65. The molecule has 0 fully saturated rings. The molecule has 2 aromatic carbocycles. The molecular weight excluding hydrogens is 468 g/mol. The van der Waals surface area contributed by atoms with Crippen LogP contribution in [0.4, 0.5) is 0 Å². The lowest BCUT2D eigenvalue weighted by Crippen LogP contribution is -2.15. The molecule has 168 valence electrons. The van der Waals surface area contributed by atoms with Crippen molar-refractivity contribution in [2.75, 3.05) is 34.0 Å². The van der Waals surface area contributed by atoms with E-state index >= 15 is 0 Å². The molecule has 0 atom stereocenters. The van der Waals surface area contributed by atoms with Gasteiger partial charge in [0.2, 0.25) is 0 Å². The average Bonchev–Trinajstić information content (AvgIpc) is 2.76. The number of benzene rings is 2. The van der Waals surface area contributed by atoms with E-state index in [1.165, 1.54) is 0 Å². The van der Waals surface area contributed by atoms with E-state index in [0.717, 1.165) is 11.1 Å². The third kappa shape index (κ3) is 7.36. The molecule has 8 nitrogen and oxygen atoms in total. The number of rotatable bonds is 12. The van der Waals surface area contributed by atoms with Crippen molar-refractivity contribution >= 4 is 28.1 Å².